The topological polar surface area (TPSA) is 71.8 Å². The van der Waals surface area contributed by atoms with E-state index in [1.165, 1.54) is 0 Å². The van der Waals surface area contributed by atoms with Crippen LogP contribution in [0.25, 0.3) is 5.69 Å². The molecule has 26 heavy (non-hydrogen) atoms. The van der Waals surface area contributed by atoms with Crippen molar-refractivity contribution >= 4 is 29.9 Å². The van der Waals surface area contributed by atoms with E-state index in [1.54, 1.807) is 4.68 Å². The second-order valence-corrected chi connectivity index (χ2v) is 7.39. The van der Waals surface area contributed by atoms with E-state index in [9.17, 15) is 4.79 Å². The Hall–Kier alpha value is -1.63. The van der Waals surface area contributed by atoms with E-state index in [0.717, 1.165) is 43.9 Å². The van der Waals surface area contributed by atoms with Gasteiger partial charge in [0.15, 0.2) is 0 Å². The molecule has 2 aliphatic rings. The van der Waals surface area contributed by atoms with Crippen LogP contribution in [0.3, 0.4) is 0 Å². The Balaban J connectivity index is 0.00000196. The maximum absolute atomic E-state index is 12.7. The third-order valence-corrected chi connectivity index (χ3v) is 5.28. The number of nitrogens with one attached hydrogen (secondary N) is 2. The summed E-state index contributed by atoms with van der Waals surface area (Å²) in [7, 11) is 0. The van der Waals surface area contributed by atoms with Gasteiger partial charge in [-0.15, -0.1) is 17.5 Å². The maximum Gasteiger partial charge on any atom is 0.291 e. The van der Waals surface area contributed by atoms with Gasteiger partial charge in [0.2, 0.25) is 5.82 Å². The lowest BCUT2D eigenvalue weighted by Crippen LogP contribution is -2.48. The summed E-state index contributed by atoms with van der Waals surface area (Å²) in [6.45, 7) is 3.98. The van der Waals surface area contributed by atoms with Crippen LogP contribution in [0.15, 0.2) is 24.3 Å². The quantitative estimate of drug-likeness (QED) is 0.834. The van der Waals surface area contributed by atoms with Crippen LogP contribution in [-0.2, 0) is 0 Å². The monoisotopic (exact) mass is 395 g/mol. The molecule has 1 aromatic heterocycles. The van der Waals surface area contributed by atoms with Crippen LogP contribution in [0.1, 0.15) is 48.5 Å². The summed E-state index contributed by atoms with van der Waals surface area (Å²) in [6, 6.07) is 7.68. The molecule has 2 atom stereocenters. The zero-order valence-electron chi connectivity index (χ0n) is 14.6. The first-order valence-electron chi connectivity index (χ1n) is 8.87. The molecule has 1 saturated carbocycles. The van der Waals surface area contributed by atoms with Crippen LogP contribution in [0.5, 0.6) is 0 Å². The van der Waals surface area contributed by atoms with Crippen molar-refractivity contribution in [3.05, 3.63) is 40.9 Å². The predicted octanol–water partition coefficient (Wildman–Crippen LogP) is 2.95. The van der Waals surface area contributed by atoms with E-state index < -0.39 is 0 Å². The number of nitrogens with zero attached hydrogens (tertiary/aromatic N) is 3. The molecule has 1 saturated heterocycles. The highest BCUT2D eigenvalue weighted by atomic mass is 35.5. The highest BCUT2D eigenvalue weighted by molar-refractivity contribution is 6.32. The van der Waals surface area contributed by atoms with Crippen molar-refractivity contribution in [3.8, 4) is 5.69 Å². The lowest BCUT2D eigenvalue weighted by molar-refractivity contribution is 0.0903. The first-order valence-corrected chi connectivity index (χ1v) is 9.24. The zero-order valence-corrected chi connectivity index (χ0v) is 16.2. The number of para-hydroxylation sites is 1. The Morgan fingerprint density at radius 2 is 2.08 bits per heavy atom. The predicted molar refractivity (Wildman–Crippen MR) is 103 cm³/mol. The van der Waals surface area contributed by atoms with E-state index in [0.29, 0.717) is 16.9 Å². The summed E-state index contributed by atoms with van der Waals surface area (Å²) in [5, 5.41) is 11.5. The van der Waals surface area contributed by atoms with Gasteiger partial charge in [0.1, 0.15) is 5.82 Å². The first-order chi connectivity index (χ1) is 12.1. The van der Waals surface area contributed by atoms with E-state index in [4.69, 9.17) is 11.6 Å². The molecule has 2 N–H and O–H groups in total. The van der Waals surface area contributed by atoms with Gasteiger partial charge in [-0.1, -0.05) is 30.7 Å². The van der Waals surface area contributed by atoms with Crippen molar-refractivity contribution in [1.29, 1.82) is 0 Å². The van der Waals surface area contributed by atoms with Gasteiger partial charge < -0.3 is 10.6 Å². The molecule has 1 aromatic carbocycles. The minimum absolute atomic E-state index is 0. The van der Waals surface area contributed by atoms with E-state index in [1.807, 2.05) is 24.3 Å². The van der Waals surface area contributed by atoms with Crippen molar-refractivity contribution in [2.75, 3.05) is 13.1 Å². The van der Waals surface area contributed by atoms with Gasteiger partial charge in [0.25, 0.3) is 5.91 Å². The third kappa shape index (κ3) is 3.87. The number of piperidine rings is 1. The summed E-state index contributed by atoms with van der Waals surface area (Å²) in [4.78, 5) is 17.2. The molecule has 2 aromatic rings. The molecular weight excluding hydrogens is 373 g/mol. The van der Waals surface area contributed by atoms with Crippen LogP contribution in [0.2, 0.25) is 5.02 Å². The van der Waals surface area contributed by atoms with Crippen molar-refractivity contribution in [1.82, 2.24) is 25.4 Å². The van der Waals surface area contributed by atoms with Gasteiger partial charge in [-0.3, -0.25) is 4.79 Å². The maximum atomic E-state index is 12.7. The molecule has 0 radical (unpaired) electrons. The summed E-state index contributed by atoms with van der Waals surface area (Å²) in [6.07, 6.45) is 3.08. The lowest BCUT2D eigenvalue weighted by atomic mass is 9.95. The average Bonchev–Trinajstić information content (AvgIpc) is 3.36. The SMILES string of the molecule is CC1CNCCC1NC(=O)c1nc(C2CC2)n(-c2ccccc2Cl)n1.Cl. The van der Waals surface area contributed by atoms with E-state index in [2.05, 4.69) is 27.6 Å². The molecule has 140 valence electrons. The minimum atomic E-state index is -0.202. The van der Waals surface area contributed by atoms with Crippen LogP contribution in [0, 0.1) is 5.92 Å². The Bertz CT molecular complexity index is 790. The Morgan fingerprint density at radius 1 is 1.31 bits per heavy atom. The molecule has 1 aliphatic heterocycles. The van der Waals surface area contributed by atoms with Crippen molar-refractivity contribution in [2.45, 2.75) is 38.1 Å². The normalized spacial score (nSPS) is 22.5. The van der Waals surface area contributed by atoms with Crippen LogP contribution in [0.4, 0.5) is 0 Å². The summed E-state index contributed by atoms with van der Waals surface area (Å²) >= 11 is 6.32. The van der Waals surface area contributed by atoms with Crippen molar-refractivity contribution in [2.24, 2.45) is 5.92 Å². The number of benzene rings is 1. The number of halogens is 2. The molecule has 4 rings (SSSR count). The summed E-state index contributed by atoms with van der Waals surface area (Å²) in [5.74, 6) is 1.62. The average molecular weight is 396 g/mol. The largest absolute Gasteiger partial charge is 0.346 e. The van der Waals surface area contributed by atoms with Crippen molar-refractivity contribution in [3.63, 3.8) is 0 Å². The smallest absolute Gasteiger partial charge is 0.291 e. The second kappa shape index (κ2) is 7.94. The molecule has 2 fully saturated rings. The van der Waals surface area contributed by atoms with Crippen LogP contribution < -0.4 is 10.6 Å². The van der Waals surface area contributed by atoms with Gasteiger partial charge in [0.05, 0.1) is 10.7 Å². The first kappa shape index (κ1) is 19.1. The second-order valence-electron chi connectivity index (χ2n) is 6.98. The fraction of sp³-hybridized carbons (Fsp3) is 0.500. The molecule has 8 heteroatoms. The number of hydrogen-bond acceptors (Lipinski definition) is 4. The van der Waals surface area contributed by atoms with Crippen LogP contribution >= 0.6 is 24.0 Å². The highest BCUT2D eigenvalue weighted by Crippen LogP contribution is 2.40. The van der Waals surface area contributed by atoms with Crippen molar-refractivity contribution < 1.29 is 4.79 Å². The number of aromatic nitrogens is 3. The number of carbonyl (C=O) groups is 1. The number of rotatable bonds is 4. The minimum Gasteiger partial charge on any atom is -0.346 e. The van der Waals surface area contributed by atoms with Gasteiger partial charge in [-0.2, -0.15) is 0 Å². The molecule has 0 spiro atoms. The number of hydrogen-bond donors (Lipinski definition) is 2. The fourth-order valence-corrected chi connectivity index (χ4v) is 3.50. The molecular formula is C18H23Cl2N5O. The third-order valence-electron chi connectivity index (χ3n) is 4.96. The Morgan fingerprint density at radius 3 is 2.77 bits per heavy atom. The lowest BCUT2D eigenvalue weighted by Gasteiger charge is -2.29. The van der Waals surface area contributed by atoms with E-state index in [-0.39, 0.29) is 30.2 Å². The summed E-state index contributed by atoms with van der Waals surface area (Å²) < 4.78 is 1.74. The number of carbonyl (C=O) groups excluding carboxylic acids is 1. The molecule has 0 bridgehead atoms. The Kier molecular flexibility index (Phi) is 5.85. The molecule has 2 heterocycles. The molecule has 1 amide bonds. The molecule has 1 aliphatic carbocycles. The zero-order chi connectivity index (χ0) is 17.4. The molecule has 6 nitrogen and oxygen atoms in total. The number of amides is 1. The fourth-order valence-electron chi connectivity index (χ4n) is 3.29. The van der Waals surface area contributed by atoms with Gasteiger partial charge in [-0.25, -0.2) is 9.67 Å². The van der Waals surface area contributed by atoms with Gasteiger partial charge in [-0.05, 0) is 50.4 Å². The standard InChI is InChI=1S/C18H22ClN5O.ClH/c1-11-10-20-9-8-14(11)21-18(25)16-22-17(12-6-7-12)24(23-16)15-5-3-2-4-13(15)19;/h2-5,11-12,14,20H,6-10H2,1H3,(H,21,25);1H. The molecule has 2 unspecified atom stereocenters. The summed E-state index contributed by atoms with van der Waals surface area (Å²) in [5.41, 5.74) is 0.771. The highest BCUT2D eigenvalue weighted by Gasteiger charge is 2.32. The van der Waals surface area contributed by atoms with Gasteiger partial charge >= 0.3 is 0 Å². The van der Waals surface area contributed by atoms with Gasteiger partial charge in [0, 0.05) is 12.0 Å². The van der Waals surface area contributed by atoms with E-state index >= 15 is 0 Å². The Labute approximate surface area is 164 Å². The van der Waals surface area contributed by atoms with Crippen LogP contribution in [-0.4, -0.2) is 39.8 Å².